The molecule has 1 unspecified atom stereocenters. The van der Waals surface area contributed by atoms with Gasteiger partial charge in [-0.25, -0.2) is 4.39 Å². The van der Waals surface area contributed by atoms with E-state index in [1.165, 1.54) is 0 Å². The Bertz CT molecular complexity index is 422. The van der Waals surface area contributed by atoms with Gasteiger partial charge in [0.25, 0.3) is 0 Å². The molecule has 0 aromatic heterocycles. The molecule has 0 aliphatic heterocycles. The molecule has 86 valence electrons. The summed E-state index contributed by atoms with van der Waals surface area (Å²) in [5.74, 6) is -1.04. The van der Waals surface area contributed by atoms with Gasteiger partial charge in [0.15, 0.2) is 0 Å². The monoisotopic (exact) mass is 233 g/mol. The van der Waals surface area contributed by atoms with Crippen LogP contribution in [0.3, 0.4) is 0 Å². The highest BCUT2D eigenvalue weighted by Gasteiger charge is 2.35. The van der Waals surface area contributed by atoms with Gasteiger partial charge in [-0.1, -0.05) is 6.07 Å². The summed E-state index contributed by atoms with van der Waals surface area (Å²) in [6.45, 7) is 0. The van der Waals surface area contributed by atoms with Crippen molar-refractivity contribution in [3.8, 4) is 6.07 Å². The van der Waals surface area contributed by atoms with Crippen molar-refractivity contribution >= 4 is 0 Å². The average Bonchev–Trinajstić information content (AvgIpc) is 2.16. The number of aliphatic hydroxyl groups is 1. The summed E-state index contributed by atoms with van der Waals surface area (Å²) in [7, 11) is 0. The maximum atomic E-state index is 12.7. The highest BCUT2D eigenvalue weighted by Crippen LogP contribution is 2.35. The van der Waals surface area contributed by atoms with Crippen LogP contribution in [0.15, 0.2) is 18.2 Å². The van der Waals surface area contributed by atoms with Crippen LogP contribution in [0.2, 0.25) is 0 Å². The second kappa shape index (κ2) is 4.49. The lowest BCUT2D eigenvalue weighted by Crippen LogP contribution is -2.12. The average molecular weight is 233 g/mol. The molecule has 0 fully saturated rings. The number of halogens is 4. The fourth-order valence-electron chi connectivity index (χ4n) is 1.26. The zero-order valence-corrected chi connectivity index (χ0v) is 7.92. The number of aliphatic hydroxyl groups excluding tert-OH is 1. The van der Waals surface area contributed by atoms with Gasteiger partial charge in [0.1, 0.15) is 5.82 Å². The molecule has 1 aromatic carbocycles. The Balaban J connectivity index is 3.24. The third-order valence-corrected chi connectivity index (χ3v) is 1.96. The molecular weight excluding hydrogens is 226 g/mol. The van der Waals surface area contributed by atoms with Gasteiger partial charge in [0.05, 0.1) is 24.2 Å². The molecule has 6 heteroatoms. The van der Waals surface area contributed by atoms with Crippen LogP contribution < -0.4 is 0 Å². The van der Waals surface area contributed by atoms with E-state index in [1.807, 2.05) is 0 Å². The number of alkyl halides is 3. The Morgan fingerprint density at radius 1 is 1.38 bits per heavy atom. The molecule has 1 atom stereocenters. The first-order valence-corrected chi connectivity index (χ1v) is 4.28. The van der Waals surface area contributed by atoms with E-state index < -0.39 is 35.6 Å². The van der Waals surface area contributed by atoms with Gasteiger partial charge in [-0.2, -0.15) is 18.4 Å². The number of rotatable bonds is 2. The minimum absolute atomic E-state index is 0.302. The summed E-state index contributed by atoms with van der Waals surface area (Å²) in [5, 5.41) is 17.6. The van der Waals surface area contributed by atoms with E-state index in [0.29, 0.717) is 6.07 Å². The first-order chi connectivity index (χ1) is 7.36. The molecule has 0 amide bonds. The van der Waals surface area contributed by atoms with Crippen molar-refractivity contribution < 1.29 is 22.7 Å². The topological polar surface area (TPSA) is 44.0 Å². The van der Waals surface area contributed by atoms with Crippen molar-refractivity contribution in [2.75, 3.05) is 0 Å². The highest BCUT2D eigenvalue weighted by molar-refractivity contribution is 5.32. The van der Waals surface area contributed by atoms with Gasteiger partial charge < -0.3 is 5.11 Å². The molecule has 16 heavy (non-hydrogen) atoms. The molecule has 1 N–H and O–H groups in total. The Morgan fingerprint density at radius 3 is 2.50 bits per heavy atom. The fraction of sp³-hybridized carbons (Fsp3) is 0.300. The summed E-state index contributed by atoms with van der Waals surface area (Å²) >= 11 is 0. The second-order valence-electron chi connectivity index (χ2n) is 3.11. The van der Waals surface area contributed by atoms with Gasteiger partial charge in [-0.3, -0.25) is 0 Å². The third kappa shape index (κ3) is 2.70. The number of hydrogen-bond acceptors (Lipinski definition) is 2. The standard InChI is InChI=1S/C10H7F4NO/c11-6-1-2-7(9(16)3-4-15)8(5-6)10(12,13)14/h1-2,5,9,16H,3H2. The number of hydrogen-bond donors (Lipinski definition) is 1. The number of benzene rings is 1. The zero-order valence-electron chi connectivity index (χ0n) is 7.92. The first kappa shape index (κ1) is 12.5. The van der Waals surface area contributed by atoms with Gasteiger partial charge in [-0.15, -0.1) is 0 Å². The second-order valence-corrected chi connectivity index (χ2v) is 3.11. The SMILES string of the molecule is N#CCC(O)c1ccc(F)cc1C(F)(F)F. The molecule has 0 bridgehead atoms. The summed E-state index contributed by atoms with van der Waals surface area (Å²) in [6, 6.07) is 3.49. The van der Waals surface area contributed by atoms with E-state index in [-0.39, 0.29) is 0 Å². The van der Waals surface area contributed by atoms with Crippen LogP contribution in [0.25, 0.3) is 0 Å². The minimum atomic E-state index is -4.76. The number of nitrogens with zero attached hydrogens (tertiary/aromatic N) is 1. The summed E-state index contributed by atoms with van der Waals surface area (Å²) in [5.41, 5.74) is -1.74. The molecule has 0 spiro atoms. The summed E-state index contributed by atoms with van der Waals surface area (Å²) < 4.78 is 50.1. The molecule has 0 heterocycles. The van der Waals surface area contributed by atoms with E-state index in [2.05, 4.69) is 0 Å². The van der Waals surface area contributed by atoms with E-state index >= 15 is 0 Å². The van der Waals surface area contributed by atoms with E-state index in [9.17, 15) is 22.7 Å². The van der Waals surface area contributed by atoms with Crippen LogP contribution >= 0.6 is 0 Å². The lowest BCUT2D eigenvalue weighted by Gasteiger charge is -2.15. The van der Waals surface area contributed by atoms with E-state index in [0.717, 1.165) is 12.1 Å². The van der Waals surface area contributed by atoms with Crippen LogP contribution in [0.1, 0.15) is 23.7 Å². The predicted molar refractivity (Wildman–Crippen MR) is 46.6 cm³/mol. The molecule has 1 rings (SSSR count). The lowest BCUT2D eigenvalue weighted by molar-refractivity contribution is -0.139. The molecule has 1 aromatic rings. The van der Waals surface area contributed by atoms with Gasteiger partial charge >= 0.3 is 6.18 Å². The molecule has 0 aliphatic rings. The Morgan fingerprint density at radius 2 is 2.00 bits per heavy atom. The third-order valence-electron chi connectivity index (χ3n) is 1.96. The lowest BCUT2D eigenvalue weighted by atomic mass is 10.00. The largest absolute Gasteiger partial charge is 0.416 e. The highest BCUT2D eigenvalue weighted by atomic mass is 19.4. The van der Waals surface area contributed by atoms with Crippen molar-refractivity contribution in [3.05, 3.63) is 35.1 Å². The van der Waals surface area contributed by atoms with Crippen molar-refractivity contribution in [1.82, 2.24) is 0 Å². The number of nitriles is 1. The quantitative estimate of drug-likeness (QED) is 0.798. The van der Waals surface area contributed by atoms with Gasteiger partial charge in [-0.05, 0) is 17.7 Å². The van der Waals surface area contributed by atoms with Crippen molar-refractivity contribution in [1.29, 1.82) is 5.26 Å². The van der Waals surface area contributed by atoms with Crippen molar-refractivity contribution in [3.63, 3.8) is 0 Å². The molecular formula is C10H7F4NO. The van der Waals surface area contributed by atoms with Gasteiger partial charge in [0.2, 0.25) is 0 Å². The Kier molecular flexibility index (Phi) is 3.50. The van der Waals surface area contributed by atoms with E-state index in [4.69, 9.17) is 5.26 Å². The minimum Gasteiger partial charge on any atom is -0.387 e. The first-order valence-electron chi connectivity index (χ1n) is 4.28. The summed E-state index contributed by atoms with van der Waals surface area (Å²) in [6.07, 6.45) is -6.80. The van der Waals surface area contributed by atoms with Crippen molar-refractivity contribution in [2.45, 2.75) is 18.7 Å². The Hall–Kier alpha value is -1.61. The molecule has 0 saturated carbocycles. The smallest absolute Gasteiger partial charge is 0.387 e. The van der Waals surface area contributed by atoms with E-state index in [1.54, 1.807) is 6.07 Å². The normalized spacial score (nSPS) is 13.2. The fourth-order valence-corrected chi connectivity index (χ4v) is 1.26. The molecule has 0 aliphatic carbocycles. The van der Waals surface area contributed by atoms with Crippen LogP contribution in [0.5, 0.6) is 0 Å². The Labute approximate surface area is 88.7 Å². The van der Waals surface area contributed by atoms with Gasteiger partial charge in [0, 0.05) is 0 Å². The zero-order chi connectivity index (χ0) is 12.3. The molecule has 0 radical (unpaired) electrons. The van der Waals surface area contributed by atoms with Crippen LogP contribution in [0.4, 0.5) is 17.6 Å². The maximum absolute atomic E-state index is 12.7. The van der Waals surface area contributed by atoms with Crippen molar-refractivity contribution in [2.24, 2.45) is 0 Å². The predicted octanol–water partition coefficient (Wildman–Crippen LogP) is 2.79. The molecule has 2 nitrogen and oxygen atoms in total. The van der Waals surface area contributed by atoms with Crippen LogP contribution in [-0.4, -0.2) is 5.11 Å². The van der Waals surface area contributed by atoms with Crippen LogP contribution in [-0.2, 0) is 6.18 Å². The van der Waals surface area contributed by atoms with Crippen LogP contribution in [0, 0.1) is 17.1 Å². The summed E-state index contributed by atoms with van der Waals surface area (Å²) in [4.78, 5) is 0. The maximum Gasteiger partial charge on any atom is 0.416 e. The molecule has 0 saturated heterocycles.